The Bertz CT molecular complexity index is 407. The lowest BCUT2D eigenvalue weighted by molar-refractivity contribution is -0.250. The van der Waals surface area contributed by atoms with E-state index in [4.69, 9.17) is 5.26 Å². The second-order valence-corrected chi connectivity index (χ2v) is 4.75. The fourth-order valence-corrected chi connectivity index (χ4v) is 2.04. The summed E-state index contributed by atoms with van der Waals surface area (Å²) in [6.45, 7) is 6.26. The Hall–Kier alpha value is -1.37. The topological polar surface area (TPSA) is 53.2 Å². The van der Waals surface area contributed by atoms with E-state index in [0.29, 0.717) is 12.3 Å². The van der Waals surface area contributed by atoms with Gasteiger partial charge in [0.15, 0.2) is 0 Å². The number of benzene rings is 1. The number of rotatable bonds is 6. The van der Waals surface area contributed by atoms with E-state index >= 15 is 0 Å². The van der Waals surface area contributed by atoms with Crippen LogP contribution in [0.15, 0.2) is 24.3 Å². The summed E-state index contributed by atoms with van der Waals surface area (Å²) in [4.78, 5) is 4.22. The third kappa shape index (κ3) is 2.90. The van der Waals surface area contributed by atoms with E-state index in [1.165, 1.54) is 5.56 Å². The number of nitrogens with zero attached hydrogens (tertiary/aromatic N) is 1. The molecule has 3 nitrogen and oxygen atoms in total. The molecule has 0 aliphatic rings. The van der Waals surface area contributed by atoms with Crippen molar-refractivity contribution in [2.45, 2.75) is 44.9 Å². The Kier molecular flexibility index (Phi) is 5.33. The summed E-state index contributed by atoms with van der Waals surface area (Å²) in [5.74, 6) is 0.520. The van der Waals surface area contributed by atoms with Crippen molar-refractivity contribution in [2.24, 2.45) is 0 Å². The largest absolute Gasteiger partial charge is 0.252 e. The van der Waals surface area contributed by atoms with Crippen LogP contribution in [0.2, 0.25) is 0 Å². The first-order chi connectivity index (χ1) is 8.63. The lowest BCUT2D eigenvalue weighted by Gasteiger charge is -2.24. The molecule has 0 saturated carbocycles. The molecular formula is C15H21NO2. The van der Waals surface area contributed by atoms with Crippen molar-refractivity contribution >= 4 is 0 Å². The molecule has 0 radical (unpaired) electrons. The molecule has 98 valence electrons. The molecule has 0 saturated heterocycles. The minimum Gasteiger partial charge on any atom is -0.252 e. The highest BCUT2D eigenvalue weighted by atomic mass is 17.1. The second kappa shape index (κ2) is 6.53. The van der Waals surface area contributed by atoms with Crippen molar-refractivity contribution in [1.82, 2.24) is 0 Å². The highest BCUT2D eigenvalue weighted by molar-refractivity contribution is 5.35. The molecule has 1 aromatic rings. The van der Waals surface area contributed by atoms with Crippen molar-refractivity contribution in [1.29, 1.82) is 5.26 Å². The first-order valence-electron chi connectivity index (χ1n) is 6.41. The quantitative estimate of drug-likeness (QED) is 0.613. The zero-order chi connectivity index (χ0) is 13.6. The van der Waals surface area contributed by atoms with E-state index in [2.05, 4.69) is 36.9 Å². The standard InChI is InChI=1S/C15H21NO2/c1-4-12(3)13-6-8-14(9-7-13)15(5-2,10-16)11-18-17/h6-9,12,17H,4-5,11H2,1-3H3. The molecular weight excluding hydrogens is 226 g/mol. The molecule has 0 aromatic heterocycles. The first kappa shape index (κ1) is 14.7. The van der Waals surface area contributed by atoms with Crippen LogP contribution in [0.5, 0.6) is 0 Å². The summed E-state index contributed by atoms with van der Waals surface area (Å²) in [6, 6.07) is 10.3. The SMILES string of the molecule is CCC(C)c1ccc(C(C#N)(CC)COO)cc1. The van der Waals surface area contributed by atoms with Gasteiger partial charge in [-0.15, -0.1) is 0 Å². The second-order valence-electron chi connectivity index (χ2n) is 4.75. The fourth-order valence-electron chi connectivity index (χ4n) is 2.04. The van der Waals surface area contributed by atoms with Gasteiger partial charge in [-0.25, -0.2) is 4.89 Å². The fraction of sp³-hybridized carbons (Fsp3) is 0.533. The Morgan fingerprint density at radius 3 is 2.33 bits per heavy atom. The van der Waals surface area contributed by atoms with Crippen LogP contribution in [0.4, 0.5) is 0 Å². The maximum Gasteiger partial charge on any atom is 0.108 e. The van der Waals surface area contributed by atoms with Crippen molar-refractivity contribution < 1.29 is 10.1 Å². The van der Waals surface area contributed by atoms with Crippen LogP contribution in [-0.2, 0) is 10.3 Å². The number of hydrogen-bond acceptors (Lipinski definition) is 3. The highest BCUT2D eigenvalue weighted by Crippen LogP contribution is 2.29. The molecule has 3 heteroatoms. The van der Waals surface area contributed by atoms with Crippen molar-refractivity contribution in [3.63, 3.8) is 0 Å². The molecule has 0 aliphatic carbocycles. The predicted molar refractivity (Wildman–Crippen MR) is 71.3 cm³/mol. The Morgan fingerprint density at radius 1 is 1.33 bits per heavy atom. The maximum atomic E-state index is 9.34. The van der Waals surface area contributed by atoms with E-state index in [0.717, 1.165) is 12.0 Å². The van der Waals surface area contributed by atoms with Crippen LogP contribution < -0.4 is 0 Å². The average Bonchev–Trinajstić information content (AvgIpc) is 2.44. The maximum absolute atomic E-state index is 9.34. The zero-order valence-electron chi connectivity index (χ0n) is 11.3. The van der Waals surface area contributed by atoms with Gasteiger partial charge in [-0.2, -0.15) is 5.26 Å². The van der Waals surface area contributed by atoms with Gasteiger partial charge in [0.05, 0.1) is 6.07 Å². The average molecular weight is 247 g/mol. The predicted octanol–water partition coefficient (Wildman–Crippen LogP) is 3.86. The van der Waals surface area contributed by atoms with Gasteiger partial charge >= 0.3 is 0 Å². The van der Waals surface area contributed by atoms with Crippen LogP contribution in [0.1, 0.15) is 50.7 Å². The summed E-state index contributed by atoms with van der Waals surface area (Å²) in [7, 11) is 0. The van der Waals surface area contributed by atoms with Crippen molar-refractivity contribution in [2.75, 3.05) is 6.61 Å². The summed E-state index contributed by atoms with van der Waals surface area (Å²) >= 11 is 0. The van der Waals surface area contributed by atoms with Gasteiger partial charge in [0.2, 0.25) is 0 Å². The van der Waals surface area contributed by atoms with E-state index in [1.54, 1.807) is 0 Å². The molecule has 2 atom stereocenters. The van der Waals surface area contributed by atoms with Gasteiger partial charge in [-0.3, -0.25) is 5.26 Å². The molecule has 1 rings (SSSR count). The van der Waals surface area contributed by atoms with Gasteiger partial charge in [0.1, 0.15) is 12.0 Å². The minimum atomic E-state index is -0.761. The van der Waals surface area contributed by atoms with Crippen molar-refractivity contribution in [3.05, 3.63) is 35.4 Å². The van der Waals surface area contributed by atoms with E-state index < -0.39 is 5.41 Å². The van der Waals surface area contributed by atoms with Gasteiger partial charge in [0.25, 0.3) is 0 Å². The zero-order valence-corrected chi connectivity index (χ0v) is 11.3. The van der Waals surface area contributed by atoms with Crippen LogP contribution in [0.25, 0.3) is 0 Å². The molecule has 1 N–H and O–H groups in total. The summed E-state index contributed by atoms with van der Waals surface area (Å²) in [5, 5.41) is 18.0. The Morgan fingerprint density at radius 2 is 1.94 bits per heavy atom. The third-order valence-electron chi connectivity index (χ3n) is 3.77. The molecule has 18 heavy (non-hydrogen) atoms. The molecule has 0 heterocycles. The third-order valence-corrected chi connectivity index (χ3v) is 3.77. The summed E-state index contributed by atoms with van der Waals surface area (Å²) in [6.07, 6.45) is 1.70. The number of nitriles is 1. The van der Waals surface area contributed by atoms with Crippen LogP contribution in [-0.4, -0.2) is 11.9 Å². The molecule has 1 aromatic carbocycles. The van der Waals surface area contributed by atoms with E-state index in [1.807, 2.05) is 19.1 Å². The molecule has 0 bridgehead atoms. The lowest BCUT2D eigenvalue weighted by Crippen LogP contribution is -2.29. The summed E-state index contributed by atoms with van der Waals surface area (Å²) in [5.41, 5.74) is 1.41. The molecule has 0 spiro atoms. The molecule has 0 aliphatic heterocycles. The normalized spacial score (nSPS) is 15.7. The van der Waals surface area contributed by atoms with Gasteiger partial charge in [-0.1, -0.05) is 45.0 Å². The van der Waals surface area contributed by atoms with E-state index in [9.17, 15) is 5.26 Å². The van der Waals surface area contributed by atoms with Crippen LogP contribution >= 0.6 is 0 Å². The van der Waals surface area contributed by atoms with Gasteiger partial charge in [-0.05, 0) is 29.9 Å². The minimum absolute atomic E-state index is 0.00266. The summed E-state index contributed by atoms with van der Waals surface area (Å²) < 4.78 is 0. The van der Waals surface area contributed by atoms with Crippen LogP contribution in [0.3, 0.4) is 0 Å². The smallest absolute Gasteiger partial charge is 0.108 e. The molecule has 2 unspecified atom stereocenters. The lowest BCUT2D eigenvalue weighted by atomic mass is 9.79. The monoisotopic (exact) mass is 247 g/mol. The van der Waals surface area contributed by atoms with E-state index in [-0.39, 0.29) is 6.61 Å². The van der Waals surface area contributed by atoms with Crippen LogP contribution in [0, 0.1) is 11.3 Å². The highest BCUT2D eigenvalue weighted by Gasteiger charge is 2.31. The first-order valence-corrected chi connectivity index (χ1v) is 6.41. The number of hydrogen-bond donors (Lipinski definition) is 1. The van der Waals surface area contributed by atoms with Crippen molar-refractivity contribution in [3.8, 4) is 6.07 Å². The Labute approximate surface area is 109 Å². The van der Waals surface area contributed by atoms with Gasteiger partial charge in [0, 0.05) is 0 Å². The molecule has 0 fully saturated rings. The molecule has 0 amide bonds. The Balaban J connectivity index is 3.05. The van der Waals surface area contributed by atoms with Gasteiger partial charge < -0.3 is 0 Å².